The highest BCUT2D eigenvalue weighted by Crippen LogP contribution is 2.28. The molecule has 0 aliphatic heterocycles. The quantitative estimate of drug-likeness (QED) is 0.744. The summed E-state index contributed by atoms with van der Waals surface area (Å²) in [5, 5.41) is 4.26. The molecule has 1 unspecified atom stereocenters. The minimum absolute atomic E-state index is 0.182. The predicted octanol–water partition coefficient (Wildman–Crippen LogP) is 2.79. The van der Waals surface area contributed by atoms with Gasteiger partial charge < -0.3 is 0 Å². The average Bonchev–Trinajstić information content (AvgIpc) is 2.50. The largest absolute Gasteiger partial charge is 0.253 e. The number of aryl methyl sites for hydroxylation is 2. The molecule has 0 aliphatic carbocycles. The normalized spacial score (nSPS) is 14.2. The van der Waals surface area contributed by atoms with Crippen LogP contribution in [-0.2, 0) is 13.5 Å². The summed E-state index contributed by atoms with van der Waals surface area (Å²) in [6, 6.07) is 0. The van der Waals surface area contributed by atoms with E-state index in [-0.39, 0.29) is 10.8 Å². The molecule has 1 rings (SSSR count). The van der Waals surface area contributed by atoms with Crippen LogP contribution in [0, 0.1) is 5.41 Å². The Bertz CT molecular complexity index is 301. The molecule has 0 saturated heterocycles. The summed E-state index contributed by atoms with van der Waals surface area (Å²) in [7, 11) is 1.92. The van der Waals surface area contributed by atoms with Gasteiger partial charge in [-0.05, 0) is 18.3 Å². The molecule has 0 N–H and O–H groups in total. The summed E-state index contributed by atoms with van der Waals surface area (Å²) in [6.07, 6.45) is 4.64. The van der Waals surface area contributed by atoms with Gasteiger partial charge in [-0.1, -0.05) is 20.8 Å². The average molecular weight is 230 g/mol. The molecule has 0 aromatic carbocycles. The van der Waals surface area contributed by atoms with Crippen molar-refractivity contribution < 1.29 is 0 Å². The van der Waals surface area contributed by atoms with Crippen LogP contribution < -0.4 is 0 Å². The maximum Gasteiger partial charge on any atom is 0.138 e. The molecule has 0 saturated carbocycles. The van der Waals surface area contributed by atoms with E-state index in [0.29, 0.717) is 0 Å². The van der Waals surface area contributed by atoms with Crippen molar-refractivity contribution in [2.24, 2.45) is 12.5 Å². The first-order chi connectivity index (χ1) is 6.91. The van der Waals surface area contributed by atoms with E-state index in [1.807, 2.05) is 11.7 Å². The number of alkyl halides is 1. The SMILES string of the molecule is Cn1ncnc1CCCC(Cl)C(C)(C)C. The minimum atomic E-state index is 0.182. The molecular weight excluding hydrogens is 210 g/mol. The first-order valence-corrected chi connectivity index (χ1v) is 5.82. The molecule has 1 heterocycles. The molecule has 0 spiro atoms. The van der Waals surface area contributed by atoms with Crippen molar-refractivity contribution in [3.63, 3.8) is 0 Å². The van der Waals surface area contributed by atoms with Gasteiger partial charge in [0.2, 0.25) is 0 Å². The Kier molecular flexibility index (Phi) is 4.14. The van der Waals surface area contributed by atoms with Gasteiger partial charge >= 0.3 is 0 Å². The van der Waals surface area contributed by atoms with Gasteiger partial charge in [0.1, 0.15) is 12.2 Å². The van der Waals surface area contributed by atoms with Crippen LogP contribution in [-0.4, -0.2) is 20.1 Å². The van der Waals surface area contributed by atoms with Crippen molar-refractivity contribution in [1.82, 2.24) is 14.8 Å². The zero-order valence-corrected chi connectivity index (χ0v) is 10.8. The van der Waals surface area contributed by atoms with E-state index < -0.39 is 0 Å². The highest BCUT2D eigenvalue weighted by atomic mass is 35.5. The first kappa shape index (κ1) is 12.5. The first-order valence-electron chi connectivity index (χ1n) is 5.38. The molecule has 0 radical (unpaired) electrons. The molecule has 3 nitrogen and oxygen atoms in total. The molecule has 0 fully saturated rings. The zero-order chi connectivity index (χ0) is 11.5. The van der Waals surface area contributed by atoms with E-state index in [2.05, 4.69) is 30.9 Å². The molecule has 15 heavy (non-hydrogen) atoms. The third-order valence-electron chi connectivity index (χ3n) is 2.60. The Morgan fingerprint density at radius 2 is 2.13 bits per heavy atom. The van der Waals surface area contributed by atoms with Crippen molar-refractivity contribution in [3.05, 3.63) is 12.2 Å². The second-order valence-electron chi connectivity index (χ2n) is 5.03. The van der Waals surface area contributed by atoms with Crippen LogP contribution in [0.25, 0.3) is 0 Å². The summed E-state index contributed by atoms with van der Waals surface area (Å²) in [6.45, 7) is 6.52. The highest BCUT2D eigenvalue weighted by Gasteiger charge is 2.21. The number of halogens is 1. The van der Waals surface area contributed by atoms with Crippen molar-refractivity contribution >= 4 is 11.6 Å². The molecule has 1 atom stereocenters. The highest BCUT2D eigenvalue weighted by molar-refractivity contribution is 6.21. The van der Waals surface area contributed by atoms with Gasteiger partial charge in [-0.15, -0.1) is 11.6 Å². The topological polar surface area (TPSA) is 30.7 Å². The summed E-state index contributed by atoms with van der Waals surface area (Å²) in [5.74, 6) is 1.03. The maximum absolute atomic E-state index is 6.29. The predicted molar refractivity (Wildman–Crippen MR) is 63.0 cm³/mol. The van der Waals surface area contributed by atoms with E-state index in [1.165, 1.54) is 0 Å². The third-order valence-corrected chi connectivity index (χ3v) is 3.48. The Morgan fingerprint density at radius 3 is 2.60 bits per heavy atom. The van der Waals surface area contributed by atoms with Crippen LogP contribution >= 0.6 is 11.6 Å². The summed E-state index contributed by atoms with van der Waals surface area (Å²) in [5.41, 5.74) is 0.182. The van der Waals surface area contributed by atoms with Crippen molar-refractivity contribution in [1.29, 1.82) is 0 Å². The van der Waals surface area contributed by atoms with E-state index >= 15 is 0 Å². The molecule has 4 heteroatoms. The van der Waals surface area contributed by atoms with Gasteiger partial charge in [-0.2, -0.15) is 5.10 Å². The molecular formula is C11H20ClN3. The number of hydrogen-bond acceptors (Lipinski definition) is 2. The van der Waals surface area contributed by atoms with Crippen LogP contribution in [0.2, 0.25) is 0 Å². The fourth-order valence-electron chi connectivity index (χ4n) is 1.42. The lowest BCUT2D eigenvalue weighted by Gasteiger charge is -2.24. The molecule has 0 aliphatic rings. The van der Waals surface area contributed by atoms with Crippen LogP contribution in [0.15, 0.2) is 6.33 Å². The zero-order valence-electron chi connectivity index (χ0n) is 10.00. The van der Waals surface area contributed by atoms with Crippen LogP contribution in [0.5, 0.6) is 0 Å². The third kappa shape index (κ3) is 3.82. The second kappa shape index (κ2) is 4.97. The van der Waals surface area contributed by atoms with Crippen molar-refractivity contribution in [2.45, 2.75) is 45.4 Å². The lowest BCUT2D eigenvalue weighted by atomic mass is 9.89. The van der Waals surface area contributed by atoms with Gasteiger partial charge in [0, 0.05) is 18.8 Å². The van der Waals surface area contributed by atoms with Gasteiger partial charge in [0.05, 0.1) is 0 Å². The smallest absolute Gasteiger partial charge is 0.138 e. The van der Waals surface area contributed by atoms with Crippen LogP contribution in [0.1, 0.15) is 39.4 Å². The monoisotopic (exact) mass is 229 g/mol. The Labute approximate surface area is 96.8 Å². The maximum atomic E-state index is 6.29. The van der Waals surface area contributed by atoms with Crippen LogP contribution in [0.3, 0.4) is 0 Å². The number of nitrogens with zero attached hydrogens (tertiary/aromatic N) is 3. The number of aromatic nitrogens is 3. The molecule has 0 amide bonds. The molecule has 86 valence electrons. The van der Waals surface area contributed by atoms with Crippen molar-refractivity contribution in [3.8, 4) is 0 Å². The Morgan fingerprint density at radius 1 is 1.47 bits per heavy atom. The molecule has 1 aromatic rings. The Balaban J connectivity index is 2.31. The van der Waals surface area contributed by atoms with Crippen LogP contribution in [0.4, 0.5) is 0 Å². The molecule has 0 bridgehead atoms. The van der Waals surface area contributed by atoms with Crippen molar-refractivity contribution in [2.75, 3.05) is 0 Å². The van der Waals surface area contributed by atoms with Gasteiger partial charge in [0.15, 0.2) is 0 Å². The fraction of sp³-hybridized carbons (Fsp3) is 0.818. The number of hydrogen-bond donors (Lipinski definition) is 0. The number of rotatable bonds is 4. The van der Waals surface area contributed by atoms with Gasteiger partial charge in [0.25, 0.3) is 0 Å². The summed E-state index contributed by atoms with van der Waals surface area (Å²) >= 11 is 6.29. The minimum Gasteiger partial charge on any atom is -0.253 e. The standard InChI is InChI=1S/C11H20ClN3/c1-11(2,3)9(12)6-5-7-10-13-8-14-15(10)4/h8-9H,5-7H2,1-4H3. The van der Waals surface area contributed by atoms with Gasteiger partial charge in [-0.25, -0.2) is 4.98 Å². The van der Waals surface area contributed by atoms with E-state index in [4.69, 9.17) is 11.6 Å². The second-order valence-corrected chi connectivity index (χ2v) is 5.55. The summed E-state index contributed by atoms with van der Waals surface area (Å²) in [4.78, 5) is 4.18. The fourth-order valence-corrected chi connectivity index (χ4v) is 1.57. The lowest BCUT2D eigenvalue weighted by Crippen LogP contribution is -2.20. The van der Waals surface area contributed by atoms with E-state index in [1.54, 1.807) is 6.33 Å². The lowest BCUT2D eigenvalue weighted by molar-refractivity contribution is 0.367. The van der Waals surface area contributed by atoms with E-state index in [0.717, 1.165) is 25.1 Å². The molecule has 1 aromatic heterocycles. The Hall–Kier alpha value is -0.570. The van der Waals surface area contributed by atoms with E-state index in [9.17, 15) is 0 Å². The summed E-state index contributed by atoms with van der Waals surface area (Å²) < 4.78 is 1.82. The van der Waals surface area contributed by atoms with Gasteiger partial charge in [-0.3, -0.25) is 4.68 Å².